The predicted octanol–water partition coefficient (Wildman–Crippen LogP) is 3.64. The number of benzene rings is 2. The number of aromatic amines is 1. The van der Waals surface area contributed by atoms with Gasteiger partial charge in [-0.1, -0.05) is 30.2 Å². The zero-order valence-electron chi connectivity index (χ0n) is 15.0. The number of imidazole rings is 1. The molecule has 1 aliphatic rings. The molecule has 0 saturated carbocycles. The third-order valence-electron chi connectivity index (χ3n) is 4.76. The van der Waals surface area contributed by atoms with Gasteiger partial charge in [0.25, 0.3) is 5.91 Å². The SMILES string of the molecule is O=C(Nc1nc2ccccc2[nH]1)c1cc(S(=O)(=O)N2CCCCC2)ccc1Cl. The minimum atomic E-state index is -3.66. The van der Waals surface area contributed by atoms with Crippen molar-refractivity contribution in [2.24, 2.45) is 0 Å². The van der Waals surface area contributed by atoms with Gasteiger partial charge in [-0.15, -0.1) is 0 Å². The fraction of sp³-hybridized carbons (Fsp3) is 0.263. The third-order valence-corrected chi connectivity index (χ3v) is 6.98. The molecule has 0 bridgehead atoms. The van der Waals surface area contributed by atoms with Crippen molar-refractivity contribution in [1.29, 1.82) is 0 Å². The smallest absolute Gasteiger partial charge is 0.259 e. The van der Waals surface area contributed by atoms with Crippen LogP contribution in [0.5, 0.6) is 0 Å². The van der Waals surface area contributed by atoms with Crippen molar-refractivity contribution >= 4 is 44.5 Å². The number of fused-ring (bicyclic) bond motifs is 1. The molecule has 4 rings (SSSR count). The van der Waals surface area contributed by atoms with Crippen molar-refractivity contribution < 1.29 is 13.2 Å². The van der Waals surface area contributed by atoms with Gasteiger partial charge in [0.15, 0.2) is 0 Å². The summed E-state index contributed by atoms with van der Waals surface area (Å²) in [7, 11) is -3.66. The van der Waals surface area contributed by atoms with Crippen LogP contribution in [-0.2, 0) is 10.0 Å². The number of carbonyl (C=O) groups excluding carboxylic acids is 1. The Morgan fingerprint density at radius 1 is 1.11 bits per heavy atom. The standard InChI is InChI=1S/C19H19ClN4O3S/c20-15-9-8-13(28(26,27)24-10-4-1-5-11-24)12-14(15)18(25)23-19-21-16-6-2-3-7-17(16)22-19/h2-3,6-9,12H,1,4-5,10-11H2,(H2,21,22,23,25). The highest BCUT2D eigenvalue weighted by atomic mass is 35.5. The Hall–Kier alpha value is -2.42. The molecule has 0 radical (unpaired) electrons. The Morgan fingerprint density at radius 2 is 1.86 bits per heavy atom. The lowest BCUT2D eigenvalue weighted by Gasteiger charge is -2.26. The number of piperidine rings is 1. The molecule has 1 fully saturated rings. The summed E-state index contributed by atoms with van der Waals surface area (Å²) < 4.78 is 27.2. The second-order valence-electron chi connectivity index (χ2n) is 6.66. The van der Waals surface area contributed by atoms with Gasteiger partial charge in [0, 0.05) is 13.1 Å². The number of hydrogen-bond acceptors (Lipinski definition) is 4. The first kappa shape index (κ1) is 18.9. The summed E-state index contributed by atoms with van der Waals surface area (Å²) in [5.74, 6) is -0.258. The van der Waals surface area contributed by atoms with Crippen molar-refractivity contribution in [3.05, 3.63) is 53.1 Å². The zero-order valence-corrected chi connectivity index (χ0v) is 16.6. The molecule has 7 nitrogen and oxygen atoms in total. The number of hydrogen-bond donors (Lipinski definition) is 2. The molecule has 0 atom stereocenters. The van der Waals surface area contributed by atoms with E-state index in [2.05, 4.69) is 15.3 Å². The van der Waals surface area contributed by atoms with Gasteiger partial charge in [-0.25, -0.2) is 13.4 Å². The normalized spacial score (nSPS) is 15.6. The van der Waals surface area contributed by atoms with Crippen LogP contribution >= 0.6 is 11.6 Å². The average Bonchev–Trinajstić information content (AvgIpc) is 3.11. The molecule has 0 spiro atoms. The highest BCUT2D eigenvalue weighted by molar-refractivity contribution is 7.89. The summed E-state index contributed by atoms with van der Waals surface area (Å²) in [5, 5.41) is 2.82. The van der Waals surface area contributed by atoms with Crippen molar-refractivity contribution in [3.8, 4) is 0 Å². The first-order chi connectivity index (χ1) is 13.4. The number of H-pyrrole nitrogens is 1. The fourth-order valence-corrected chi connectivity index (χ4v) is 5.03. The van der Waals surface area contributed by atoms with Crippen molar-refractivity contribution in [2.45, 2.75) is 24.2 Å². The van der Waals surface area contributed by atoms with Gasteiger partial charge in [0.1, 0.15) is 0 Å². The molecule has 2 N–H and O–H groups in total. The zero-order chi connectivity index (χ0) is 19.7. The molecular formula is C19H19ClN4O3S. The Balaban J connectivity index is 1.62. The van der Waals surface area contributed by atoms with E-state index in [-0.39, 0.29) is 21.4 Å². The molecule has 0 aliphatic carbocycles. The van der Waals surface area contributed by atoms with Crippen molar-refractivity contribution in [3.63, 3.8) is 0 Å². The fourth-order valence-electron chi connectivity index (χ4n) is 3.28. The van der Waals surface area contributed by atoms with Crippen LogP contribution in [-0.4, -0.2) is 41.7 Å². The molecule has 0 unspecified atom stereocenters. The lowest BCUT2D eigenvalue weighted by atomic mass is 10.2. The van der Waals surface area contributed by atoms with Gasteiger partial charge in [-0.2, -0.15) is 4.31 Å². The number of nitrogens with one attached hydrogen (secondary N) is 2. The number of anilines is 1. The molecule has 3 aromatic rings. The van der Waals surface area contributed by atoms with E-state index in [0.29, 0.717) is 18.6 Å². The topological polar surface area (TPSA) is 95.2 Å². The molecule has 1 aliphatic heterocycles. The van der Waals surface area contributed by atoms with Gasteiger partial charge in [0.05, 0.1) is 26.5 Å². The van der Waals surface area contributed by atoms with Gasteiger partial charge in [0.2, 0.25) is 16.0 Å². The lowest BCUT2D eigenvalue weighted by molar-refractivity contribution is 0.102. The summed E-state index contributed by atoms with van der Waals surface area (Å²) in [6.45, 7) is 0.983. The summed E-state index contributed by atoms with van der Waals surface area (Å²) in [4.78, 5) is 20.1. The minimum Gasteiger partial charge on any atom is -0.324 e. The highest BCUT2D eigenvalue weighted by Crippen LogP contribution is 2.26. The maximum absolute atomic E-state index is 12.9. The third kappa shape index (κ3) is 3.63. The summed E-state index contributed by atoms with van der Waals surface area (Å²) in [6, 6.07) is 11.6. The summed E-state index contributed by atoms with van der Waals surface area (Å²) in [5.41, 5.74) is 1.58. The first-order valence-corrected chi connectivity index (χ1v) is 10.8. The molecule has 2 aromatic carbocycles. The number of amides is 1. The maximum Gasteiger partial charge on any atom is 0.259 e. The van der Waals surface area contributed by atoms with E-state index in [4.69, 9.17) is 11.6 Å². The Bertz CT molecular complexity index is 1100. The molecule has 28 heavy (non-hydrogen) atoms. The number of carbonyl (C=O) groups is 1. The van der Waals surface area contributed by atoms with Crippen LogP contribution in [0.4, 0.5) is 5.95 Å². The van der Waals surface area contributed by atoms with Gasteiger partial charge < -0.3 is 4.98 Å². The minimum absolute atomic E-state index is 0.0635. The van der Waals surface area contributed by atoms with E-state index in [1.54, 1.807) is 0 Å². The van der Waals surface area contributed by atoms with Crippen LogP contribution in [0.3, 0.4) is 0 Å². The number of nitrogens with zero attached hydrogens (tertiary/aromatic N) is 2. The number of rotatable bonds is 4. The van der Waals surface area contributed by atoms with Crippen LogP contribution in [0.25, 0.3) is 11.0 Å². The Morgan fingerprint density at radius 3 is 2.61 bits per heavy atom. The van der Waals surface area contributed by atoms with E-state index in [9.17, 15) is 13.2 Å². The van der Waals surface area contributed by atoms with E-state index in [0.717, 1.165) is 24.8 Å². The number of sulfonamides is 1. The lowest BCUT2D eigenvalue weighted by Crippen LogP contribution is -2.35. The average molecular weight is 419 g/mol. The summed E-state index contributed by atoms with van der Waals surface area (Å²) in [6.07, 6.45) is 2.70. The van der Waals surface area contributed by atoms with Crippen LogP contribution in [0, 0.1) is 0 Å². The molecule has 2 heterocycles. The first-order valence-electron chi connectivity index (χ1n) is 9.01. The molecule has 9 heteroatoms. The Labute approximate surface area is 167 Å². The summed E-state index contributed by atoms with van der Waals surface area (Å²) >= 11 is 6.17. The number of aromatic nitrogens is 2. The van der Waals surface area contributed by atoms with Crippen molar-refractivity contribution in [2.75, 3.05) is 18.4 Å². The number of halogens is 1. The van der Waals surface area contributed by atoms with Crippen LogP contribution in [0.2, 0.25) is 5.02 Å². The molecule has 1 aromatic heterocycles. The van der Waals surface area contributed by atoms with E-state index < -0.39 is 15.9 Å². The van der Waals surface area contributed by atoms with Gasteiger partial charge in [-0.3, -0.25) is 10.1 Å². The molecular weight excluding hydrogens is 400 g/mol. The molecule has 1 amide bonds. The highest BCUT2D eigenvalue weighted by Gasteiger charge is 2.27. The van der Waals surface area contributed by atoms with E-state index >= 15 is 0 Å². The predicted molar refractivity (Wildman–Crippen MR) is 108 cm³/mol. The number of para-hydroxylation sites is 2. The van der Waals surface area contributed by atoms with Crippen LogP contribution in [0.1, 0.15) is 29.6 Å². The van der Waals surface area contributed by atoms with E-state index in [1.165, 1.54) is 22.5 Å². The Kier molecular flexibility index (Phi) is 5.09. The largest absolute Gasteiger partial charge is 0.324 e. The quantitative estimate of drug-likeness (QED) is 0.676. The van der Waals surface area contributed by atoms with Crippen molar-refractivity contribution in [1.82, 2.24) is 14.3 Å². The molecule has 146 valence electrons. The second-order valence-corrected chi connectivity index (χ2v) is 9.01. The molecule has 1 saturated heterocycles. The van der Waals surface area contributed by atoms with Crippen LogP contribution < -0.4 is 5.32 Å². The monoisotopic (exact) mass is 418 g/mol. The van der Waals surface area contributed by atoms with E-state index in [1.807, 2.05) is 24.3 Å². The van der Waals surface area contributed by atoms with Gasteiger partial charge in [-0.05, 0) is 43.2 Å². The maximum atomic E-state index is 12.9. The van der Waals surface area contributed by atoms with Gasteiger partial charge >= 0.3 is 0 Å². The second kappa shape index (κ2) is 7.54. The van der Waals surface area contributed by atoms with Crippen LogP contribution in [0.15, 0.2) is 47.4 Å².